The van der Waals surface area contributed by atoms with Crippen LogP contribution < -0.4 is 10.5 Å². The number of nitrogens with two attached hydrogens (primary N) is 1. The summed E-state index contributed by atoms with van der Waals surface area (Å²) in [6.07, 6.45) is 3.73. The quantitative estimate of drug-likeness (QED) is 0.773. The predicted molar refractivity (Wildman–Crippen MR) is 81.8 cm³/mol. The van der Waals surface area contributed by atoms with Crippen LogP contribution in [0, 0.1) is 0 Å². The van der Waals surface area contributed by atoms with Crippen molar-refractivity contribution in [2.75, 3.05) is 31.9 Å². The van der Waals surface area contributed by atoms with E-state index in [9.17, 15) is 8.42 Å². The molecule has 112 valence electrons. The SMILES string of the molecule is Nc1ccc(CS(=O)(=O)NCCN2CCCCC2)cc1. The number of anilines is 1. The molecule has 1 aromatic rings. The third-order valence-electron chi connectivity index (χ3n) is 3.54. The number of rotatable bonds is 6. The lowest BCUT2D eigenvalue weighted by Gasteiger charge is -2.26. The van der Waals surface area contributed by atoms with Crippen LogP contribution in [0.2, 0.25) is 0 Å². The van der Waals surface area contributed by atoms with E-state index in [1.165, 1.54) is 19.3 Å². The molecule has 0 amide bonds. The lowest BCUT2D eigenvalue weighted by atomic mass is 10.1. The van der Waals surface area contributed by atoms with Crippen molar-refractivity contribution in [3.63, 3.8) is 0 Å². The molecule has 1 fully saturated rings. The molecular weight excluding hydrogens is 274 g/mol. The van der Waals surface area contributed by atoms with Crippen molar-refractivity contribution in [2.45, 2.75) is 25.0 Å². The van der Waals surface area contributed by atoms with E-state index in [4.69, 9.17) is 5.73 Å². The minimum atomic E-state index is -3.27. The molecule has 0 aliphatic carbocycles. The van der Waals surface area contributed by atoms with Gasteiger partial charge in [-0.3, -0.25) is 0 Å². The maximum absolute atomic E-state index is 12.0. The molecule has 1 heterocycles. The summed E-state index contributed by atoms with van der Waals surface area (Å²) in [7, 11) is -3.27. The predicted octanol–water partition coefficient (Wildman–Crippen LogP) is 1.17. The van der Waals surface area contributed by atoms with Crippen LogP contribution >= 0.6 is 0 Å². The highest BCUT2D eigenvalue weighted by Gasteiger charge is 2.13. The summed E-state index contributed by atoms with van der Waals surface area (Å²) in [5, 5.41) is 0. The largest absolute Gasteiger partial charge is 0.399 e. The van der Waals surface area contributed by atoms with Crippen LogP contribution in [-0.2, 0) is 15.8 Å². The first kappa shape index (κ1) is 15.3. The van der Waals surface area contributed by atoms with Gasteiger partial charge in [0.2, 0.25) is 10.0 Å². The van der Waals surface area contributed by atoms with Gasteiger partial charge in [-0.15, -0.1) is 0 Å². The van der Waals surface area contributed by atoms with E-state index in [1.807, 2.05) is 0 Å². The number of nitrogen functional groups attached to an aromatic ring is 1. The number of hydrogen-bond donors (Lipinski definition) is 2. The summed E-state index contributed by atoms with van der Waals surface area (Å²) in [5.74, 6) is 0.00722. The van der Waals surface area contributed by atoms with Crippen LogP contribution in [0.15, 0.2) is 24.3 Å². The fourth-order valence-electron chi connectivity index (χ4n) is 2.43. The van der Waals surface area contributed by atoms with E-state index in [2.05, 4.69) is 9.62 Å². The smallest absolute Gasteiger partial charge is 0.215 e. The molecule has 1 saturated heterocycles. The van der Waals surface area contributed by atoms with E-state index in [-0.39, 0.29) is 5.75 Å². The van der Waals surface area contributed by atoms with Crippen LogP contribution in [0.25, 0.3) is 0 Å². The zero-order valence-corrected chi connectivity index (χ0v) is 12.5. The van der Waals surface area contributed by atoms with Gasteiger partial charge in [-0.05, 0) is 43.6 Å². The Morgan fingerprint density at radius 2 is 1.75 bits per heavy atom. The topological polar surface area (TPSA) is 75.4 Å². The minimum absolute atomic E-state index is 0.00722. The molecule has 3 N–H and O–H groups in total. The monoisotopic (exact) mass is 297 g/mol. The van der Waals surface area contributed by atoms with Gasteiger partial charge in [-0.1, -0.05) is 18.6 Å². The zero-order chi connectivity index (χ0) is 14.4. The molecule has 0 atom stereocenters. The van der Waals surface area contributed by atoms with E-state index in [0.29, 0.717) is 12.2 Å². The first-order chi connectivity index (χ1) is 9.55. The summed E-state index contributed by atoms with van der Waals surface area (Å²) >= 11 is 0. The Morgan fingerprint density at radius 1 is 1.10 bits per heavy atom. The zero-order valence-electron chi connectivity index (χ0n) is 11.7. The van der Waals surface area contributed by atoms with Gasteiger partial charge in [0.05, 0.1) is 5.75 Å². The fraction of sp³-hybridized carbons (Fsp3) is 0.571. The number of piperidine rings is 1. The summed E-state index contributed by atoms with van der Waals surface area (Å²) < 4.78 is 26.6. The lowest BCUT2D eigenvalue weighted by Crippen LogP contribution is -2.38. The number of benzene rings is 1. The van der Waals surface area contributed by atoms with Crippen LogP contribution in [0.1, 0.15) is 24.8 Å². The number of sulfonamides is 1. The summed E-state index contributed by atoms with van der Waals surface area (Å²) in [6, 6.07) is 6.94. The van der Waals surface area contributed by atoms with Gasteiger partial charge in [-0.25, -0.2) is 13.1 Å². The second-order valence-corrected chi connectivity index (χ2v) is 7.10. The Bertz CT molecular complexity index is 508. The highest BCUT2D eigenvalue weighted by Crippen LogP contribution is 2.09. The molecule has 0 unspecified atom stereocenters. The van der Waals surface area contributed by atoms with Gasteiger partial charge in [0.15, 0.2) is 0 Å². The molecule has 0 spiro atoms. The number of likely N-dealkylation sites (tertiary alicyclic amines) is 1. The van der Waals surface area contributed by atoms with E-state index >= 15 is 0 Å². The summed E-state index contributed by atoms with van der Waals surface area (Å²) in [6.45, 7) is 3.44. The van der Waals surface area contributed by atoms with Crippen molar-refractivity contribution in [3.8, 4) is 0 Å². The Kier molecular flexibility index (Phi) is 5.39. The average Bonchev–Trinajstić information content (AvgIpc) is 2.42. The minimum Gasteiger partial charge on any atom is -0.399 e. The van der Waals surface area contributed by atoms with Crippen LogP contribution in [0.4, 0.5) is 5.69 Å². The second kappa shape index (κ2) is 7.06. The maximum Gasteiger partial charge on any atom is 0.215 e. The Balaban J connectivity index is 1.77. The summed E-state index contributed by atoms with van der Waals surface area (Å²) in [4.78, 5) is 2.31. The first-order valence-corrected chi connectivity index (χ1v) is 8.74. The first-order valence-electron chi connectivity index (χ1n) is 7.09. The van der Waals surface area contributed by atoms with E-state index in [1.54, 1.807) is 24.3 Å². The highest BCUT2D eigenvalue weighted by atomic mass is 32.2. The second-order valence-electron chi connectivity index (χ2n) is 5.30. The lowest BCUT2D eigenvalue weighted by molar-refractivity contribution is 0.232. The number of nitrogens with one attached hydrogen (secondary N) is 1. The van der Waals surface area contributed by atoms with E-state index < -0.39 is 10.0 Å². The Morgan fingerprint density at radius 3 is 2.40 bits per heavy atom. The van der Waals surface area contributed by atoms with Crippen LogP contribution in [0.5, 0.6) is 0 Å². The van der Waals surface area contributed by atoms with Crippen LogP contribution in [-0.4, -0.2) is 39.5 Å². The number of nitrogens with zero attached hydrogens (tertiary/aromatic N) is 1. The van der Waals surface area contributed by atoms with Crippen molar-refractivity contribution in [1.82, 2.24) is 9.62 Å². The molecule has 1 aliphatic rings. The van der Waals surface area contributed by atoms with Crippen LogP contribution in [0.3, 0.4) is 0 Å². The normalized spacial score (nSPS) is 17.2. The van der Waals surface area contributed by atoms with Gasteiger partial charge in [-0.2, -0.15) is 0 Å². The molecule has 1 aliphatic heterocycles. The maximum atomic E-state index is 12.0. The van der Waals surface area contributed by atoms with Gasteiger partial charge in [0, 0.05) is 18.8 Å². The fourth-order valence-corrected chi connectivity index (χ4v) is 3.56. The molecule has 20 heavy (non-hydrogen) atoms. The Hall–Kier alpha value is -1.11. The third-order valence-corrected chi connectivity index (χ3v) is 4.89. The van der Waals surface area contributed by atoms with Crippen molar-refractivity contribution in [1.29, 1.82) is 0 Å². The van der Waals surface area contributed by atoms with Crippen molar-refractivity contribution in [2.24, 2.45) is 0 Å². The van der Waals surface area contributed by atoms with Crippen molar-refractivity contribution < 1.29 is 8.42 Å². The average molecular weight is 297 g/mol. The highest BCUT2D eigenvalue weighted by molar-refractivity contribution is 7.88. The summed E-state index contributed by atoms with van der Waals surface area (Å²) in [5.41, 5.74) is 6.98. The molecular formula is C14H23N3O2S. The van der Waals surface area contributed by atoms with Gasteiger partial charge in [0.1, 0.15) is 0 Å². The van der Waals surface area contributed by atoms with Gasteiger partial charge < -0.3 is 10.6 Å². The molecule has 2 rings (SSSR count). The molecule has 0 aromatic heterocycles. The van der Waals surface area contributed by atoms with Gasteiger partial charge >= 0.3 is 0 Å². The molecule has 0 bridgehead atoms. The standard InChI is InChI=1S/C14H23N3O2S/c15-14-6-4-13(5-7-14)12-20(18,19)16-8-11-17-9-2-1-3-10-17/h4-7,16H,1-3,8-12,15H2. The molecule has 5 nitrogen and oxygen atoms in total. The third kappa shape index (κ3) is 5.11. The molecule has 1 aromatic carbocycles. The Labute approximate surface area is 121 Å². The van der Waals surface area contributed by atoms with Gasteiger partial charge in [0.25, 0.3) is 0 Å². The van der Waals surface area contributed by atoms with E-state index in [0.717, 1.165) is 25.2 Å². The number of hydrogen-bond acceptors (Lipinski definition) is 4. The van der Waals surface area contributed by atoms with Crippen molar-refractivity contribution in [3.05, 3.63) is 29.8 Å². The van der Waals surface area contributed by atoms with Crippen molar-refractivity contribution >= 4 is 15.7 Å². The molecule has 0 saturated carbocycles. The molecule has 0 radical (unpaired) electrons. The molecule has 6 heteroatoms.